The van der Waals surface area contributed by atoms with Crippen molar-refractivity contribution in [1.29, 1.82) is 0 Å². The standard InChI is InChI=1S/C31H34ClN3O3/c1-23-28(22-34(21-27-15-10-18-37-27)20-26(36)19-24-11-4-2-5-12-24)31(38-30-17-9-8-16-29(30)32)35(33-23)25-13-6-3-7-14-25/h2-9,11-14,16-17,26-27,36H,10,15,18-22H2,1H3. The Labute approximate surface area is 229 Å². The van der Waals surface area contributed by atoms with Crippen molar-refractivity contribution in [2.75, 3.05) is 19.7 Å². The van der Waals surface area contributed by atoms with E-state index in [4.69, 9.17) is 26.2 Å². The monoisotopic (exact) mass is 531 g/mol. The van der Waals surface area contributed by atoms with Gasteiger partial charge < -0.3 is 14.6 Å². The van der Waals surface area contributed by atoms with Crippen LogP contribution >= 0.6 is 11.6 Å². The van der Waals surface area contributed by atoms with Gasteiger partial charge in [-0.25, -0.2) is 4.68 Å². The van der Waals surface area contributed by atoms with Crippen molar-refractivity contribution < 1.29 is 14.6 Å². The van der Waals surface area contributed by atoms with Crippen molar-refractivity contribution in [2.45, 2.75) is 44.9 Å². The van der Waals surface area contributed by atoms with Crippen molar-refractivity contribution in [3.8, 4) is 17.3 Å². The Morgan fingerprint density at radius 3 is 2.47 bits per heavy atom. The molecule has 4 aromatic rings. The zero-order chi connectivity index (χ0) is 26.3. The summed E-state index contributed by atoms with van der Waals surface area (Å²) >= 11 is 6.48. The molecule has 0 aliphatic carbocycles. The largest absolute Gasteiger partial charge is 0.437 e. The Hall–Kier alpha value is -3.16. The number of benzene rings is 3. The summed E-state index contributed by atoms with van der Waals surface area (Å²) < 4.78 is 14.3. The molecule has 1 aliphatic rings. The van der Waals surface area contributed by atoms with Gasteiger partial charge in [-0.15, -0.1) is 0 Å². The fraction of sp³-hybridized carbons (Fsp3) is 0.323. The molecule has 1 fully saturated rings. The Morgan fingerprint density at radius 2 is 1.76 bits per heavy atom. The molecule has 6 nitrogen and oxygen atoms in total. The van der Waals surface area contributed by atoms with Crippen LogP contribution in [0.5, 0.6) is 11.6 Å². The Bertz CT molecular complexity index is 1310. The second-order valence-electron chi connectivity index (χ2n) is 9.82. The van der Waals surface area contributed by atoms with E-state index in [1.165, 1.54) is 0 Å². The number of rotatable bonds is 11. The summed E-state index contributed by atoms with van der Waals surface area (Å²) in [5.74, 6) is 1.19. The first-order valence-corrected chi connectivity index (χ1v) is 13.6. The zero-order valence-corrected chi connectivity index (χ0v) is 22.4. The first-order chi connectivity index (χ1) is 18.6. The molecule has 198 valence electrons. The fourth-order valence-corrected chi connectivity index (χ4v) is 5.13. The van der Waals surface area contributed by atoms with Crippen LogP contribution in [0.2, 0.25) is 5.02 Å². The van der Waals surface area contributed by atoms with E-state index in [0.717, 1.165) is 48.5 Å². The fourth-order valence-electron chi connectivity index (χ4n) is 4.95. The average molecular weight is 532 g/mol. The number of para-hydroxylation sites is 2. The third-order valence-corrected chi connectivity index (χ3v) is 7.14. The van der Waals surface area contributed by atoms with Crippen LogP contribution in [-0.2, 0) is 17.7 Å². The normalized spacial score (nSPS) is 16.2. The van der Waals surface area contributed by atoms with Gasteiger partial charge in [0.2, 0.25) is 5.88 Å². The zero-order valence-electron chi connectivity index (χ0n) is 21.7. The molecule has 0 bridgehead atoms. The second kappa shape index (κ2) is 12.6. The summed E-state index contributed by atoms with van der Waals surface area (Å²) in [6.45, 7) is 4.59. The summed E-state index contributed by atoms with van der Waals surface area (Å²) in [4.78, 5) is 2.27. The highest BCUT2D eigenvalue weighted by Crippen LogP contribution is 2.35. The number of ether oxygens (including phenoxy) is 2. The Morgan fingerprint density at radius 1 is 1.05 bits per heavy atom. The summed E-state index contributed by atoms with van der Waals surface area (Å²) in [5, 5.41) is 16.5. The molecule has 2 atom stereocenters. The van der Waals surface area contributed by atoms with E-state index in [1.54, 1.807) is 0 Å². The summed E-state index contributed by atoms with van der Waals surface area (Å²) in [6.07, 6.45) is 2.31. The molecule has 0 radical (unpaired) electrons. The van der Waals surface area contributed by atoms with Gasteiger partial charge in [-0.2, -0.15) is 5.10 Å². The van der Waals surface area contributed by atoms with E-state index in [-0.39, 0.29) is 6.10 Å². The number of hydrogen-bond acceptors (Lipinski definition) is 5. The summed E-state index contributed by atoms with van der Waals surface area (Å²) in [5.41, 5.74) is 3.84. The smallest absolute Gasteiger partial charge is 0.227 e. The lowest BCUT2D eigenvalue weighted by Crippen LogP contribution is -2.38. The molecule has 5 rings (SSSR count). The van der Waals surface area contributed by atoms with Crippen molar-refractivity contribution in [3.63, 3.8) is 0 Å². The average Bonchev–Trinajstić information content (AvgIpc) is 3.54. The highest BCUT2D eigenvalue weighted by atomic mass is 35.5. The number of aliphatic hydroxyl groups is 1. The van der Waals surface area contributed by atoms with Gasteiger partial charge in [0.1, 0.15) is 5.75 Å². The molecule has 1 N–H and O–H groups in total. The third-order valence-electron chi connectivity index (χ3n) is 6.83. The highest BCUT2D eigenvalue weighted by molar-refractivity contribution is 6.32. The number of halogens is 1. The van der Waals surface area contributed by atoms with Crippen molar-refractivity contribution in [2.24, 2.45) is 0 Å². The van der Waals surface area contributed by atoms with Crippen molar-refractivity contribution in [3.05, 3.63) is 107 Å². The number of aromatic nitrogens is 2. The van der Waals surface area contributed by atoms with Gasteiger partial charge in [0, 0.05) is 26.2 Å². The highest BCUT2D eigenvalue weighted by Gasteiger charge is 2.26. The van der Waals surface area contributed by atoms with Crippen LogP contribution in [-0.4, -0.2) is 51.7 Å². The number of nitrogens with zero attached hydrogens (tertiary/aromatic N) is 3. The van der Waals surface area contributed by atoms with Crippen LogP contribution in [0.15, 0.2) is 84.9 Å². The molecule has 38 heavy (non-hydrogen) atoms. The van der Waals surface area contributed by atoms with Crippen LogP contribution in [0.3, 0.4) is 0 Å². The lowest BCUT2D eigenvalue weighted by Gasteiger charge is -2.28. The van der Waals surface area contributed by atoms with Crippen LogP contribution in [0.25, 0.3) is 5.69 Å². The van der Waals surface area contributed by atoms with Crippen molar-refractivity contribution in [1.82, 2.24) is 14.7 Å². The predicted octanol–water partition coefficient (Wildman–Crippen LogP) is 6.21. The van der Waals surface area contributed by atoms with Crippen LogP contribution in [0.1, 0.15) is 29.7 Å². The van der Waals surface area contributed by atoms with Gasteiger partial charge in [0.15, 0.2) is 0 Å². The molecule has 1 aromatic heterocycles. The van der Waals surface area contributed by atoms with E-state index in [2.05, 4.69) is 17.0 Å². The Kier molecular flexibility index (Phi) is 8.76. The lowest BCUT2D eigenvalue weighted by molar-refractivity contribution is 0.0461. The van der Waals surface area contributed by atoms with Crippen LogP contribution in [0.4, 0.5) is 0 Å². The number of aryl methyl sites for hydroxylation is 1. The van der Waals surface area contributed by atoms with E-state index in [1.807, 2.05) is 84.4 Å². The predicted molar refractivity (Wildman–Crippen MR) is 150 cm³/mol. The van der Waals surface area contributed by atoms with Crippen LogP contribution in [0, 0.1) is 6.92 Å². The van der Waals surface area contributed by atoms with Gasteiger partial charge in [0.05, 0.1) is 34.2 Å². The quantitative estimate of drug-likeness (QED) is 0.249. The van der Waals surface area contributed by atoms with Gasteiger partial charge in [0.25, 0.3) is 0 Å². The van der Waals surface area contributed by atoms with Gasteiger partial charge in [-0.05, 0) is 56.0 Å². The molecule has 0 saturated carbocycles. The molecule has 1 aliphatic heterocycles. The van der Waals surface area contributed by atoms with E-state index >= 15 is 0 Å². The Balaban J connectivity index is 1.46. The number of hydrogen-bond donors (Lipinski definition) is 1. The summed E-state index contributed by atoms with van der Waals surface area (Å²) in [7, 11) is 0. The van der Waals surface area contributed by atoms with Gasteiger partial charge in [-0.3, -0.25) is 4.90 Å². The first-order valence-electron chi connectivity index (χ1n) is 13.2. The molecular formula is C31H34ClN3O3. The molecule has 2 unspecified atom stereocenters. The minimum absolute atomic E-state index is 0.149. The van der Waals surface area contributed by atoms with E-state index < -0.39 is 6.10 Å². The van der Waals surface area contributed by atoms with Crippen molar-refractivity contribution >= 4 is 11.6 Å². The van der Waals surface area contributed by atoms with E-state index in [0.29, 0.717) is 36.2 Å². The minimum Gasteiger partial charge on any atom is -0.437 e. The topological polar surface area (TPSA) is 59.8 Å². The molecule has 0 amide bonds. The third kappa shape index (κ3) is 6.63. The first kappa shape index (κ1) is 26.4. The maximum absolute atomic E-state index is 11.1. The molecule has 3 aromatic carbocycles. The number of aliphatic hydroxyl groups excluding tert-OH is 1. The van der Waals surface area contributed by atoms with Gasteiger partial charge in [-0.1, -0.05) is 72.3 Å². The van der Waals surface area contributed by atoms with E-state index in [9.17, 15) is 5.11 Å². The minimum atomic E-state index is -0.517. The molecular weight excluding hydrogens is 498 g/mol. The molecule has 2 heterocycles. The molecule has 0 spiro atoms. The molecule has 7 heteroatoms. The maximum Gasteiger partial charge on any atom is 0.227 e. The van der Waals surface area contributed by atoms with Crippen LogP contribution < -0.4 is 4.74 Å². The second-order valence-corrected chi connectivity index (χ2v) is 10.2. The van der Waals surface area contributed by atoms with Gasteiger partial charge >= 0.3 is 0 Å². The summed E-state index contributed by atoms with van der Waals surface area (Å²) in [6, 6.07) is 27.5. The lowest BCUT2D eigenvalue weighted by atomic mass is 10.1. The molecule has 1 saturated heterocycles. The maximum atomic E-state index is 11.1. The SMILES string of the molecule is Cc1nn(-c2ccccc2)c(Oc2ccccc2Cl)c1CN(CC(O)Cc1ccccc1)CC1CCCO1.